The molecule has 0 spiro atoms. The second-order valence-electron chi connectivity index (χ2n) is 5.64. The second-order valence-corrected chi connectivity index (χ2v) is 5.64. The molecule has 0 unspecified atom stereocenters. The highest BCUT2D eigenvalue weighted by Gasteiger charge is 2.19. The molecule has 24 heavy (non-hydrogen) atoms. The van der Waals surface area contributed by atoms with E-state index in [1.807, 2.05) is 0 Å². The van der Waals surface area contributed by atoms with E-state index >= 15 is 0 Å². The van der Waals surface area contributed by atoms with Crippen LogP contribution in [-0.4, -0.2) is 37.0 Å². The molecular formula is C19H18F2N2O. The van der Waals surface area contributed by atoms with E-state index in [4.69, 9.17) is 0 Å². The standard InChI is InChI=1S/C19H18F2N2O/c20-16-6-8-17(9-7-16)22-11-13-23(14-12-22)19(24)10-5-15-3-1-2-4-18(15)21/h1-10H,11-14H2/b10-5+. The number of rotatable bonds is 3. The maximum atomic E-state index is 13.5. The van der Waals surface area contributed by atoms with Crippen LogP contribution in [0.2, 0.25) is 0 Å². The first kappa shape index (κ1) is 16.2. The average Bonchev–Trinajstić information content (AvgIpc) is 2.62. The number of anilines is 1. The van der Waals surface area contributed by atoms with Crippen LogP contribution < -0.4 is 4.90 Å². The molecule has 0 N–H and O–H groups in total. The van der Waals surface area contributed by atoms with Gasteiger partial charge in [0.05, 0.1) is 0 Å². The summed E-state index contributed by atoms with van der Waals surface area (Å²) in [6, 6.07) is 12.7. The number of carbonyl (C=O) groups excluding carboxylic acids is 1. The van der Waals surface area contributed by atoms with Crippen molar-refractivity contribution in [2.75, 3.05) is 31.1 Å². The molecule has 0 bridgehead atoms. The van der Waals surface area contributed by atoms with Crippen molar-refractivity contribution in [2.24, 2.45) is 0 Å². The molecule has 0 aliphatic carbocycles. The van der Waals surface area contributed by atoms with Gasteiger partial charge in [-0.25, -0.2) is 8.78 Å². The maximum Gasteiger partial charge on any atom is 0.246 e. The minimum atomic E-state index is -0.345. The van der Waals surface area contributed by atoms with E-state index < -0.39 is 0 Å². The molecule has 3 rings (SSSR count). The third-order valence-electron chi connectivity index (χ3n) is 4.09. The molecule has 0 radical (unpaired) electrons. The fourth-order valence-corrected chi connectivity index (χ4v) is 2.71. The largest absolute Gasteiger partial charge is 0.368 e. The minimum Gasteiger partial charge on any atom is -0.368 e. The highest BCUT2D eigenvalue weighted by atomic mass is 19.1. The highest BCUT2D eigenvalue weighted by Crippen LogP contribution is 2.17. The monoisotopic (exact) mass is 328 g/mol. The molecule has 1 heterocycles. The first-order valence-electron chi connectivity index (χ1n) is 7.85. The van der Waals surface area contributed by atoms with Crippen molar-refractivity contribution in [2.45, 2.75) is 0 Å². The lowest BCUT2D eigenvalue weighted by molar-refractivity contribution is -0.126. The Kier molecular flexibility index (Phi) is 4.89. The third kappa shape index (κ3) is 3.79. The fraction of sp³-hybridized carbons (Fsp3) is 0.211. The lowest BCUT2D eigenvalue weighted by atomic mass is 10.2. The molecule has 1 aliphatic heterocycles. The van der Waals surface area contributed by atoms with E-state index in [0.717, 1.165) is 5.69 Å². The first-order valence-corrected chi connectivity index (χ1v) is 7.85. The van der Waals surface area contributed by atoms with Gasteiger partial charge in [-0.15, -0.1) is 0 Å². The van der Waals surface area contributed by atoms with E-state index in [-0.39, 0.29) is 17.5 Å². The zero-order valence-electron chi connectivity index (χ0n) is 13.2. The Labute approximate surface area is 139 Å². The van der Waals surface area contributed by atoms with Gasteiger partial charge in [-0.1, -0.05) is 18.2 Å². The third-order valence-corrected chi connectivity index (χ3v) is 4.09. The summed E-state index contributed by atoms with van der Waals surface area (Å²) in [6.45, 7) is 2.53. The van der Waals surface area contributed by atoms with Crippen molar-refractivity contribution in [3.8, 4) is 0 Å². The van der Waals surface area contributed by atoms with Gasteiger partial charge < -0.3 is 9.80 Å². The van der Waals surface area contributed by atoms with Gasteiger partial charge in [-0.05, 0) is 36.4 Å². The second kappa shape index (κ2) is 7.25. The Morgan fingerprint density at radius 2 is 1.58 bits per heavy atom. The molecule has 1 aliphatic rings. The van der Waals surface area contributed by atoms with Crippen LogP contribution in [0.3, 0.4) is 0 Å². The van der Waals surface area contributed by atoms with Crippen molar-refractivity contribution in [1.82, 2.24) is 4.90 Å². The van der Waals surface area contributed by atoms with Gasteiger partial charge in [0.1, 0.15) is 11.6 Å². The van der Waals surface area contributed by atoms with Crippen molar-refractivity contribution < 1.29 is 13.6 Å². The lowest BCUT2D eigenvalue weighted by Crippen LogP contribution is -2.48. The maximum absolute atomic E-state index is 13.5. The summed E-state index contributed by atoms with van der Waals surface area (Å²) < 4.78 is 26.5. The number of carbonyl (C=O) groups is 1. The Bertz CT molecular complexity index is 735. The highest BCUT2D eigenvalue weighted by molar-refractivity contribution is 5.92. The predicted octanol–water partition coefficient (Wildman–Crippen LogP) is 3.33. The van der Waals surface area contributed by atoms with Crippen LogP contribution >= 0.6 is 0 Å². The summed E-state index contributed by atoms with van der Waals surface area (Å²) >= 11 is 0. The quantitative estimate of drug-likeness (QED) is 0.807. The Balaban J connectivity index is 1.57. The van der Waals surface area contributed by atoms with Crippen molar-refractivity contribution in [3.63, 3.8) is 0 Å². The molecule has 1 amide bonds. The van der Waals surface area contributed by atoms with Gasteiger partial charge in [0.15, 0.2) is 0 Å². The molecule has 2 aromatic carbocycles. The van der Waals surface area contributed by atoms with Crippen molar-refractivity contribution >= 4 is 17.7 Å². The number of hydrogen-bond donors (Lipinski definition) is 0. The average molecular weight is 328 g/mol. The van der Waals surface area contributed by atoms with Gasteiger partial charge in [-0.3, -0.25) is 4.79 Å². The number of nitrogens with zero attached hydrogens (tertiary/aromatic N) is 2. The Morgan fingerprint density at radius 1 is 0.917 bits per heavy atom. The lowest BCUT2D eigenvalue weighted by Gasteiger charge is -2.35. The topological polar surface area (TPSA) is 23.6 Å². The number of piperazine rings is 1. The van der Waals surface area contributed by atoms with Crippen molar-refractivity contribution in [1.29, 1.82) is 0 Å². The SMILES string of the molecule is O=C(/C=C/c1ccccc1F)N1CCN(c2ccc(F)cc2)CC1. The van der Waals surface area contributed by atoms with Crippen LogP contribution in [0.4, 0.5) is 14.5 Å². The fourth-order valence-electron chi connectivity index (χ4n) is 2.71. The van der Waals surface area contributed by atoms with Crippen LogP contribution in [0.1, 0.15) is 5.56 Å². The molecule has 3 nitrogen and oxygen atoms in total. The van der Waals surface area contributed by atoms with E-state index in [1.54, 1.807) is 35.2 Å². The summed E-state index contributed by atoms with van der Waals surface area (Å²) in [5.41, 5.74) is 1.35. The van der Waals surface area contributed by atoms with Gasteiger partial charge in [0.2, 0.25) is 5.91 Å². The molecule has 0 atom stereocenters. The smallest absolute Gasteiger partial charge is 0.246 e. The summed E-state index contributed by atoms with van der Waals surface area (Å²) in [5.74, 6) is -0.731. The molecule has 1 saturated heterocycles. The zero-order chi connectivity index (χ0) is 16.9. The van der Waals surface area contributed by atoms with E-state index in [9.17, 15) is 13.6 Å². The molecule has 1 fully saturated rings. The molecule has 2 aromatic rings. The van der Waals surface area contributed by atoms with Crippen LogP contribution in [0.5, 0.6) is 0 Å². The minimum absolute atomic E-state index is 0.128. The van der Waals surface area contributed by atoms with E-state index in [0.29, 0.717) is 31.7 Å². The van der Waals surface area contributed by atoms with Crippen molar-refractivity contribution in [3.05, 3.63) is 71.8 Å². The Hall–Kier alpha value is -2.69. The van der Waals surface area contributed by atoms with E-state index in [1.165, 1.54) is 30.4 Å². The molecule has 5 heteroatoms. The van der Waals surface area contributed by atoms with Gasteiger partial charge in [-0.2, -0.15) is 0 Å². The summed E-state index contributed by atoms with van der Waals surface area (Å²) in [5, 5.41) is 0. The molecular weight excluding hydrogens is 310 g/mol. The predicted molar refractivity (Wildman–Crippen MR) is 90.6 cm³/mol. The zero-order valence-corrected chi connectivity index (χ0v) is 13.2. The molecule has 0 saturated carbocycles. The summed E-state index contributed by atoms with van der Waals surface area (Å²) in [7, 11) is 0. The number of amides is 1. The van der Waals surface area contributed by atoms with Crippen LogP contribution in [0.15, 0.2) is 54.6 Å². The number of benzene rings is 2. The van der Waals surface area contributed by atoms with Gasteiger partial charge in [0, 0.05) is 43.5 Å². The van der Waals surface area contributed by atoms with Crippen LogP contribution in [0.25, 0.3) is 6.08 Å². The van der Waals surface area contributed by atoms with Gasteiger partial charge in [0.25, 0.3) is 0 Å². The van der Waals surface area contributed by atoms with Crippen LogP contribution in [-0.2, 0) is 4.79 Å². The normalized spacial score (nSPS) is 15.1. The first-order chi connectivity index (χ1) is 11.6. The Morgan fingerprint density at radius 3 is 2.25 bits per heavy atom. The number of hydrogen-bond acceptors (Lipinski definition) is 2. The van der Waals surface area contributed by atoms with E-state index in [2.05, 4.69) is 4.90 Å². The molecule has 0 aromatic heterocycles. The summed E-state index contributed by atoms with van der Waals surface area (Å²) in [4.78, 5) is 16.1. The summed E-state index contributed by atoms with van der Waals surface area (Å²) in [6.07, 6.45) is 2.91. The van der Waals surface area contributed by atoms with Crippen LogP contribution in [0, 0.1) is 11.6 Å². The molecule has 124 valence electrons. The van der Waals surface area contributed by atoms with Gasteiger partial charge >= 0.3 is 0 Å². The number of halogens is 2.